The van der Waals surface area contributed by atoms with Crippen molar-refractivity contribution in [3.05, 3.63) is 54.1 Å². The molecule has 0 radical (unpaired) electrons. The normalized spacial score (nSPS) is 15.9. The van der Waals surface area contributed by atoms with Gasteiger partial charge in [-0.25, -0.2) is 0 Å². The molecule has 7 nitrogen and oxygen atoms in total. The Hall–Kier alpha value is -3.35. The van der Waals surface area contributed by atoms with Crippen molar-refractivity contribution >= 4 is 29.2 Å². The highest BCUT2D eigenvalue weighted by Gasteiger charge is 2.36. The molecule has 3 rings (SSSR count). The number of amides is 2. The Morgan fingerprint density at radius 1 is 1.10 bits per heavy atom. The zero-order chi connectivity index (χ0) is 20.8. The second kappa shape index (κ2) is 9.23. The Balaban J connectivity index is 1.48. The summed E-state index contributed by atoms with van der Waals surface area (Å²) in [6.07, 6.45) is 0.0766. The predicted octanol–water partition coefficient (Wildman–Crippen LogP) is 2.93. The van der Waals surface area contributed by atoms with Crippen LogP contribution in [0.2, 0.25) is 0 Å². The molecule has 1 atom stereocenters. The SMILES string of the molecule is CCOc1ccc(NC(=O)COC(=O)[C@@H]2CC(=O)N(c3ccc(C)cc3)C2)cc1. The number of benzene rings is 2. The minimum Gasteiger partial charge on any atom is -0.494 e. The van der Waals surface area contributed by atoms with E-state index in [-0.39, 0.29) is 18.9 Å². The molecule has 0 aliphatic carbocycles. The summed E-state index contributed by atoms with van der Waals surface area (Å²) >= 11 is 0. The Morgan fingerprint density at radius 2 is 1.79 bits per heavy atom. The lowest BCUT2D eigenvalue weighted by Crippen LogP contribution is -2.28. The number of anilines is 2. The van der Waals surface area contributed by atoms with Crippen molar-refractivity contribution in [2.24, 2.45) is 5.92 Å². The topological polar surface area (TPSA) is 84.9 Å². The maximum absolute atomic E-state index is 12.3. The lowest BCUT2D eigenvalue weighted by molar-refractivity contribution is -0.151. The maximum atomic E-state index is 12.3. The van der Waals surface area contributed by atoms with Gasteiger partial charge in [-0.05, 0) is 50.2 Å². The van der Waals surface area contributed by atoms with E-state index < -0.39 is 24.4 Å². The minimum absolute atomic E-state index is 0.0766. The smallest absolute Gasteiger partial charge is 0.311 e. The Kier molecular flexibility index (Phi) is 6.49. The average molecular weight is 396 g/mol. The number of aryl methyl sites for hydroxylation is 1. The number of rotatable bonds is 7. The van der Waals surface area contributed by atoms with E-state index in [1.807, 2.05) is 38.1 Å². The molecule has 152 valence electrons. The fraction of sp³-hybridized carbons (Fsp3) is 0.318. The number of carbonyl (C=O) groups excluding carboxylic acids is 3. The second-order valence-corrected chi connectivity index (χ2v) is 6.85. The molecule has 1 N–H and O–H groups in total. The molecule has 2 amide bonds. The molecule has 1 heterocycles. The second-order valence-electron chi connectivity index (χ2n) is 6.85. The molecule has 0 saturated carbocycles. The number of hydrogen-bond acceptors (Lipinski definition) is 5. The molecular weight excluding hydrogens is 372 g/mol. The summed E-state index contributed by atoms with van der Waals surface area (Å²) in [5.41, 5.74) is 2.43. The molecule has 7 heteroatoms. The largest absolute Gasteiger partial charge is 0.494 e. The van der Waals surface area contributed by atoms with Crippen LogP contribution in [0.3, 0.4) is 0 Å². The number of nitrogens with zero attached hydrogens (tertiary/aromatic N) is 1. The van der Waals surface area contributed by atoms with Crippen molar-refractivity contribution in [2.75, 3.05) is 30.0 Å². The molecule has 1 fully saturated rings. The van der Waals surface area contributed by atoms with Gasteiger partial charge in [0.05, 0.1) is 12.5 Å². The van der Waals surface area contributed by atoms with Crippen LogP contribution < -0.4 is 15.0 Å². The standard InChI is InChI=1S/C22H24N2O5/c1-3-28-19-10-6-17(7-11-19)23-20(25)14-29-22(27)16-12-21(26)24(13-16)18-8-4-15(2)5-9-18/h4-11,16H,3,12-14H2,1-2H3,(H,23,25)/t16-/m1/s1. The third-order valence-corrected chi connectivity index (χ3v) is 4.60. The van der Waals surface area contributed by atoms with E-state index in [4.69, 9.17) is 9.47 Å². The predicted molar refractivity (Wildman–Crippen MR) is 109 cm³/mol. The van der Waals surface area contributed by atoms with Crippen LogP contribution in [0.5, 0.6) is 5.75 Å². The molecule has 2 aromatic rings. The van der Waals surface area contributed by atoms with Gasteiger partial charge in [0.1, 0.15) is 5.75 Å². The lowest BCUT2D eigenvalue weighted by atomic mass is 10.1. The van der Waals surface area contributed by atoms with Crippen LogP contribution in [0.15, 0.2) is 48.5 Å². The Morgan fingerprint density at radius 3 is 2.45 bits per heavy atom. The first-order valence-corrected chi connectivity index (χ1v) is 9.52. The van der Waals surface area contributed by atoms with Crippen molar-refractivity contribution in [1.29, 1.82) is 0 Å². The van der Waals surface area contributed by atoms with Crippen molar-refractivity contribution in [1.82, 2.24) is 0 Å². The minimum atomic E-state index is -0.581. The van der Waals surface area contributed by atoms with E-state index in [9.17, 15) is 14.4 Å². The number of carbonyl (C=O) groups is 3. The zero-order valence-electron chi connectivity index (χ0n) is 16.5. The van der Waals surface area contributed by atoms with E-state index in [0.29, 0.717) is 18.0 Å². The lowest BCUT2D eigenvalue weighted by Gasteiger charge is -2.16. The van der Waals surface area contributed by atoms with Gasteiger partial charge >= 0.3 is 5.97 Å². The first-order valence-electron chi connectivity index (χ1n) is 9.52. The monoisotopic (exact) mass is 396 g/mol. The molecule has 0 aromatic heterocycles. The highest BCUT2D eigenvalue weighted by atomic mass is 16.5. The van der Waals surface area contributed by atoms with E-state index in [1.165, 1.54) is 0 Å². The molecule has 29 heavy (non-hydrogen) atoms. The van der Waals surface area contributed by atoms with Gasteiger partial charge in [-0.15, -0.1) is 0 Å². The quantitative estimate of drug-likeness (QED) is 0.728. The third-order valence-electron chi connectivity index (χ3n) is 4.60. The van der Waals surface area contributed by atoms with Gasteiger partial charge < -0.3 is 19.7 Å². The van der Waals surface area contributed by atoms with Crippen LogP contribution >= 0.6 is 0 Å². The van der Waals surface area contributed by atoms with Crippen LogP contribution in [-0.4, -0.2) is 37.5 Å². The molecular formula is C22H24N2O5. The van der Waals surface area contributed by atoms with Crippen molar-refractivity contribution in [3.8, 4) is 5.75 Å². The number of hydrogen-bond donors (Lipinski definition) is 1. The van der Waals surface area contributed by atoms with Crippen LogP contribution in [0.1, 0.15) is 18.9 Å². The number of nitrogens with one attached hydrogen (secondary N) is 1. The van der Waals surface area contributed by atoms with Crippen LogP contribution in [0.25, 0.3) is 0 Å². The molecule has 0 spiro atoms. The van der Waals surface area contributed by atoms with Gasteiger partial charge in [0, 0.05) is 24.3 Å². The molecule has 2 aromatic carbocycles. The first-order chi connectivity index (χ1) is 14.0. The van der Waals surface area contributed by atoms with Crippen molar-refractivity contribution < 1.29 is 23.9 Å². The Bertz CT molecular complexity index is 877. The van der Waals surface area contributed by atoms with Crippen molar-refractivity contribution in [2.45, 2.75) is 20.3 Å². The van der Waals surface area contributed by atoms with E-state index >= 15 is 0 Å². The van der Waals surface area contributed by atoms with Gasteiger partial charge in [-0.3, -0.25) is 14.4 Å². The number of esters is 1. The first kappa shape index (κ1) is 20.4. The summed E-state index contributed by atoms with van der Waals surface area (Å²) in [7, 11) is 0. The van der Waals surface area contributed by atoms with Gasteiger partial charge in [-0.2, -0.15) is 0 Å². The summed E-state index contributed by atoms with van der Waals surface area (Å²) in [4.78, 5) is 38.2. The summed E-state index contributed by atoms with van der Waals surface area (Å²) in [5, 5.41) is 2.66. The van der Waals surface area contributed by atoms with Gasteiger partial charge in [0.15, 0.2) is 6.61 Å². The molecule has 0 unspecified atom stereocenters. The summed E-state index contributed by atoms with van der Waals surface area (Å²) in [5.74, 6) is -0.991. The van der Waals surface area contributed by atoms with Gasteiger partial charge in [0.25, 0.3) is 5.91 Å². The van der Waals surface area contributed by atoms with Gasteiger partial charge in [-0.1, -0.05) is 17.7 Å². The third kappa shape index (κ3) is 5.34. The molecule has 1 aliphatic rings. The Labute approximate surface area is 169 Å². The summed E-state index contributed by atoms with van der Waals surface area (Å²) < 4.78 is 10.5. The highest BCUT2D eigenvalue weighted by molar-refractivity contribution is 6.00. The van der Waals surface area contributed by atoms with E-state index in [2.05, 4.69) is 5.32 Å². The fourth-order valence-corrected chi connectivity index (χ4v) is 3.09. The average Bonchev–Trinajstić information content (AvgIpc) is 3.10. The molecule has 1 aliphatic heterocycles. The van der Waals surface area contributed by atoms with Gasteiger partial charge in [0.2, 0.25) is 5.91 Å². The fourth-order valence-electron chi connectivity index (χ4n) is 3.09. The van der Waals surface area contributed by atoms with Crippen LogP contribution in [-0.2, 0) is 19.1 Å². The van der Waals surface area contributed by atoms with Crippen molar-refractivity contribution in [3.63, 3.8) is 0 Å². The molecule has 0 bridgehead atoms. The van der Waals surface area contributed by atoms with Crippen LogP contribution in [0, 0.1) is 12.8 Å². The maximum Gasteiger partial charge on any atom is 0.311 e. The van der Waals surface area contributed by atoms with E-state index in [0.717, 1.165) is 11.3 Å². The molecule has 1 saturated heterocycles. The zero-order valence-corrected chi connectivity index (χ0v) is 16.5. The summed E-state index contributed by atoms with van der Waals surface area (Å²) in [6, 6.07) is 14.4. The number of ether oxygens (including phenoxy) is 2. The van der Waals surface area contributed by atoms with Crippen LogP contribution in [0.4, 0.5) is 11.4 Å². The summed E-state index contributed by atoms with van der Waals surface area (Å²) in [6.45, 7) is 4.27. The highest BCUT2D eigenvalue weighted by Crippen LogP contribution is 2.26. The van der Waals surface area contributed by atoms with E-state index in [1.54, 1.807) is 29.2 Å².